The van der Waals surface area contributed by atoms with Gasteiger partial charge in [0.25, 0.3) is 0 Å². The van der Waals surface area contributed by atoms with E-state index in [0.717, 1.165) is 18.5 Å². The van der Waals surface area contributed by atoms with Crippen molar-refractivity contribution in [3.05, 3.63) is 24.3 Å². The standard InChI is InChI=1S/C20H33NO2/c1-2-3-4-5-6-7-8-9-10-11-12-13-20(23)21-18-14-16-19(22)17-15-18/h14-17,22H,2-13H2,1H3,(H,21,23). The monoisotopic (exact) mass is 319 g/mol. The highest BCUT2D eigenvalue weighted by atomic mass is 16.3. The molecule has 1 rings (SSSR count). The molecule has 23 heavy (non-hydrogen) atoms. The van der Waals surface area contributed by atoms with Gasteiger partial charge in [-0.15, -0.1) is 0 Å². The fourth-order valence-electron chi connectivity index (χ4n) is 2.72. The highest BCUT2D eigenvalue weighted by molar-refractivity contribution is 5.90. The topological polar surface area (TPSA) is 49.3 Å². The number of unbranched alkanes of at least 4 members (excludes halogenated alkanes) is 10. The molecule has 0 aliphatic heterocycles. The number of anilines is 1. The van der Waals surface area contributed by atoms with Crippen molar-refractivity contribution in [2.75, 3.05) is 5.32 Å². The van der Waals surface area contributed by atoms with Gasteiger partial charge in [0, 0.05) is 12.1 Å². The molecule has 3 nitrogen and oxygen atoms in total. The predicted molar refractivity (Wildman–Crippen MR) is 97.8 cm³/mol. The van der Waals surface area contributed by atoms with Crippen LogP contribution in [0, 0.1) is 0 Å². The van der Waals surface area contributed by atoms with Crippen LogP contribution in [0.3, 0.4) is 0 Å². The second-order valence-electron chi connectivity index (χ2n) is 6.38. The number of phenols is 1. The first kappa shape index (κ1) is 19.5. The van der Waals surface area contributed by atoms with Gasteiger partial charge in [0.05, 0.1) is 0 Å². The van der Waals surface area contributed by atoms with Crippen LogP contribution < -0.4 is 5.32 Å². The predicted octanol–water partition coefficient (Wildman–Crippen LogP) is 6.03. The van der Waals surface area contributed by atoms with Gasteiger partial charge in [0.1, 0.15) is 5.75 Å². The van der Waals surface area contributed by atoms with Crippen LogP contribution >= 0.6 is 0 Å². The van der Waals surface area contributed by atoms with Crippen LogP contribution in [0.25, 0.3) is 0 Å². The molecule has 0 spiro atoms. The van der Waals surface area contributed by atoms with Crippen molar-refractivity contribution in [3.8, 4) is 5.75 Å². The molecule has 0 atom stereocenters. The van der Waals surface area contributed by atoms with E-state index in [1.165, 1.54) is 57.8 Å². The minimum Gasteiger partial charge on any atom is -0.508 e. The molecule has 1 amide bonds. The van der Waals surface area contributed by atoms with Gasteiger partial charge < -0.3 is 10.4 Å². The first-order chi connectivity index (χ1) is 11.2. The van der Waals surface area contributed by atoms with Crippen LogP contribution in [-0.2, 0) is 4.79 Å². The Labute approximate surface area is 141 Å². The molecular formula is C20H33NO2. The molecular weight excluding hydrogens is 286 g/mol. The van der Waals surface area contributed by atoms with E-state index in [0.29, 0.717) is 6.42 Å². The summed E-state index contributed by atoms with van der Waals surface area (Å²) in [6, 6.07) is 6.59. The summed E-state index contributed by atoms with van der Waals surface area (Å²) in [5.41, 5.74) is 0.746. The van der Waals surface area contributed by atoms with Crippen LogP contribution in [0.5, 0.6) is 5.75 Å². The molecule has 3 heteroatoms. The van der Waals surface area contributed by atoms with Crippen LogP contribution in [0.1, 0.15) is 84.0 Å². The number of rotatable bonds is 13. The van der Waals surface area contributed by atoms with E-state index in [1.54, 1.807) is 24.3 Å². The van der Waals surface area contributed by atoms with E-state index in [9.17, 15) is 9.90 Å². The molecule has 0 radical (unpaired) electrons. The van der Waals surface area contributed by atoms with Gasteiger partial charge in [0.2, 0.25) is 5.91 Å². The molecule has 1 aromatic rings. The molecule has 0 saturated heterocycles. The van der Waals surface area contributed by atoms with Gasteiger partial charge in [-0.05, 0) is 30.7 Å². The summed E-state index contributed by atoms with van der Waals surface area (Å²) in [6.07, 6.45) is 14.8. The van der Waals surface area contributed by atoms with Crippen molar-refractivity contribution in [1.82, 2.24) is 0 Å². The average molecular weight is 319 g/mol. The van der Waals surface area contributed by atoms with Gasteiger partial charge in [-0.25, -0.2) is 0 Å². The number of amides is 1. The quantitative estimate of drug-likeness (QED) is 0.344. The van der Waals surface area contributed by atoms with Gasteiger partial charge in [-0.1, -0.05) is 71.1 Å². The molecule has 0 aliphatic rings. The molecule has 0 saturated carbocycles. The maximum atomic E-state index is 11.8. The van der Waals surface area contributed by atoms with Crippen molar-refractivity contribution in [2.45, 2.75) is 84.0 Å². The Morgan fingerprint density at radius 3 is 1.83 bits per heavy atom. The van der Waals surface area contributed by atoms with Crippen LogP contribution in [0.4, 0.5) is 5.69 Å². The van der Waals surface area contributed by atoms with Crippen molar-refractivity contribution in [1.29, 1.82) is 0 Å². The Morgan fingerprint density at radius 1 is 0.826 bits per heavy atom. The molecule has 1 aromatic carbocycles. The second-order valence-corrected chi connectivity index (χ2v) is 6.38. The van der Waals surface area contributed by atoms with Crippen molar-refractivity contribution in [3.63, 3.8) is 0 Å². The van der Waals surface area contributed by atoms with Gasteiger partial charge in [-0.3, -0.25) is 4.79 Å². The number of benzene rings is 1. The van der Waals surface area contributed by atoms with Gasteiger partial charge in [0.15, 0.2) is 0 Å². The number of nitrogens with one attached hydrogen (secondary N) is 1. The molecule has 130 valence electrons. The lowest BCUT2D eigenvalue weighted by Gasteiger charge is -2.05. The number of carbonyl (C=O) groups excluding carboxylic acids is 1. The summed E-state index contributed by atoms with van der Waals surface area (Å²) in [5.74, 6) is 0.278. The average Bonchev–Trinajstić information content (AvgIpc) is 2.55. The van der Waals surface area contributed by atoms with Crippen molar-refractivity contribution in [2.24, 2.45) is 0 Å². The third kappa shape index (κ3) is 10.8. The second kappa shape index (κ2) is 13.0. The number of carbonyl (C=O) groups is 1. The minimum atomic E-state index is 0.0617. The molecule has 0 aliphatic carbocycles. The molecule has 0 bridgehead atoms. The lowest BCUT2D eigenvalue weighted by atomic mass is 10.1. The number of aromatic hydroxyl groups is 1. The van der Waals surface area contributed by atoms with Crippen molar-refractivity contribution < 1.29 is 9.90 Å². The summed E-state index contributed by atoms with van der Waals surface area (Å²) >= 11 is 0. The summed E-state index contributed by atoms with van der Waals surface area (Å²) in [5, 5.41) is 12.0. The highest BCUT2D eigenvalue weighted by Gasteiger charge is 2.02. The summed E-state index contributed by atoms with van der Waals surface area (Å²) in [7, 11) is 0. The normalized spacial score (nSPS) is 10.7. The molecule has 0 aromatic heterocycles. The fraction of sp³-hybridized carbons (Fsp3) is 0.650. The van der Waals surface area contributed by atoms with Crippen molar-refractivity contribution >= 4 is 11.6 Å². The largest absolute Gasteiger partial charge is 0.508 e. The molecule has 2 N–H and O–H groups in total. The lowest BCUT2D eigenvalue weighted by molar-refractivity contribution is -0.116. The third-order valence-electron chi connectivity index (χ3n) is 4.16. The molecule has 0 heterocycles. The van der Waals surface area contributed by atoms with Crippen LogP contribution in [-0.4, -0.2) is 11.0 Å². The number of hydrogen-bond acceptors (Lipinski definition) is 2. The third-order valence-corrected chi connectivity index (χ3v) is 4.16. The van der Waals surface area contributed by atoms with Gasteiger partial charge in [-0.2, -0.15) is 0 Å². The van der Waals surface area contributed by atoms with E-state index in [1.807, 2.05) is 0 Å². The van der Waals surface area contributed by atoms with E-state index in [-0.39, 0.29) is 11.7 Å². The summed E-state index contributed by atoms with van der Waals surface area (Å²) in [4.78, 5) is 11.8. The Kier molecular flexibility index (Phi) is 11.0. The first-order valence-electron chi connectivity index (χ1n) is 9.31. The maximum Gasteiger partial charge on any atom is 0.224 e. The minimum absolute atomic E-state index is 0.0617. The van der Waals surface area contributed by atoms with Crippen LogP contribution in [0.2, 0.25) is 0 Å². The van der Waals surface area contributed by atoms with E-state index in [2.05, 4.69) is 12.2 Å². The Bertz CT molecular complexity index is 414. The smallest absolute Gasteiger partial charge is 0.224 e. The SMILES string of the molecule is CCCCCCCCCCCCCC(=O)Nc1ccc(O)cc1. The maximum absolute atomic E-state index is 11.8. The summed E-state index contributed by atoms with van der Waals surface area (Å²) in [6.45, 7) is 2.25. The number of phenolic OH excluding ortho intramolecular Hbond substituents is 1. The Hall–Kier alpha value is -1.51. The van der Waals surface area contributed by atoms with E-state index in [4.69, 9.17) is 0 Å². The Balaban J connectivity index is 1.90. The zero-order chi connectivity index (χ0) is 16.8. The number of hydrogen-bond donors (Lipinski definition) is 2. The lowest BCUT2D eigenvalue weighted by Crippen LogP contribution is -2.10. The zero-order valence-corrected chi connectivity index (χ0v) is 14.7. The molecule has 0 fully saturated rings. The van der Waals surface area contributed by atoms with E-state index < -0.39 is 0 Å². The highest BCUT2D eigenvalue weighted by Crippen LogP contribution is 2.15. The Morgan fingerprint density at radius 2 is 1.30 bits per heavy atom. The zero-order valence-electron chi connectivity index (χ0n) is 14.7. The fourth-order valence-corrected chi connectivity index (χ4v) is 2.72. The summed E-state index contributed by atoms with van der Waals surface area (Å²) < 4.78 is 0. The molecule has 0 unspecified atom stereocenters. The van der Waals surface area contributed by atoms with E-state index >= 15 is 0 Å². The van der Waals surface area contributed by atoms with Crippen LogP contribution in [0.15, 0.2) is 24.3 Å². The first-order valence-corrected chi connectivity index (χ1v) is 9.31. The van der Waals surface area contributed by atoms with Gasteiger partial charge >= 0.3 is 0 Å².